The van der Waals surface area contributed by atoms with Crippen LogP contribution in [0, 0.1) is 0 Å². The fourth-order valence-corrected chi connectivity index (χ4v) is 5.13. The van der Waals surface area contributed by atoms with Crippen molar-refractivity contribution in [2.24, 2.45) is 0 Å². The number of ether oxygens (including phenoxy) is 1. The van der Waals surface area contributed by atoms with E-state index in [9.17, 15) is 9.59 Å². The molecule has 0 unspecified atom stereocenters. The number of likely N-dealkylation sites (N-methyl/N-ethyl adjacent to an activating group) is 2. The Bertz CT molecular complexity index is 986. The summed E-state index contributed by atoms with van der Waals surface area (Å²) < 4.78 is 5.30. The molecule has 0 aromatic heterocycles. The van der Waals surface area contributed by atoms with Crippen LogP contribution in [0.1, 0.15) is 46.8 Å². The first-order valence-corrected chi connectivity index (χ1v) is 12.3. The van der Waals surface area contributed by atoms with Crippen LogP contribution in [0.4, 0.5) is 0 Å². The van der Waals surface area contributed by atoms with Crippen molar-refractivity contribution in [3.05, 3.63) is 65.2 Å². The van der Waals surface area contributed by atoms with Crippen LogP contribution in [0.2, 0.25) is 0 Å². The summed E-state index contributed by atoms with van der Waals surface area (Å²) in [4.78, 5) is 33.3. The third-order valence-corrected chi connectivity index (χ3v) is 7.18. The van der Waals surface area contributed by atoms with Crippen molar-refractivity contribution < 1.29 is 14.3 Å². The van der Waals surface area contributed by atoms with Crippen molar-refractivity contribution in [3.63, 3.8) is 0 Å². The Labute approximate surface area is 202 Å². The van der Waals surface area contributed by atoms with Gasteiger partial charge in [0.25, 0.3) is 5.91 Å². The molecule has 0 spiro atoms. The van der Waals surface area contributed by atoms with Gasteiger partial charge in [0, 0.05) is 45.3 Å². The van der Waals surface area contributed by atoms with Crippen molar-refractivity contribution >= 4 is 11.8 Å². The first-order chi connectivity index (χ1) is 16.5. The van der Waals surface area contributed by atoms with Gasteiger partial charge in [0.1, 0.15) is 5.75 Å². The normalized spacial score (nSPS) is 21.3. The van der Waals surface area contributed by atoms with Crippen LogP contribution in [0.25, 0.3) is 0 Å². The van der Waals surface area contributed by atoms with E-state index in [1.54, 1.807) is 19.1 Å². The lowest BCUT2D eigenvalue weighted by atomic mass is 9.79. The molecule has 2 atom stereocenters. The van der Waals surface area contributed by atoms with Gasteiger partial charge < -0.3 is 24.8 Å². The zero-order chi connectivity index (χ0) is 24.1. The number of carbonyl (C=O) groups is 2. The average Bonchev–Trinajstić information content (AvgIpc) is 2.89. The lowest BCUT2D eigenvalue weighted by Crippen LogP contribution is -2.47. The maximum atomic E-state index is 13.6. The van der Waals surface area contributed by atoms with Gasteiger partial charge in [-0.2, -0.15) is 0 Å². The molecule has 2 heterocycles. The predicted octanol–water partition coefficient (Wildman–Crippen LogP) is 2.75. The standard InChI is InChI=1S/C27H36N4O3/c1-4-30-16-18-31(19-17-30)15-7-14-28-26(32)24-22-8-5-6-9-23(22)27(33)29(2)25(24)20-10-12-21(34-3)13-11-20/h5-6,8-13,24-25H,4,7,14-19H2,1-3H3,(H,28,32)/t24-,25-/m1/s1. The van der Waals surface area contributed by atoms with Crippen LogP contribution in [0.15, 0.2) is 48.5 Å². The molecule has 0 aliphatic carbocycles. The van der Waals surface area contributed by atoms with E-state index in [1.807, 2.05) is 48.5 Å². The van der Waals surface area contributed by atoms with Crippen LogP contribution in [0.5, 0.6) is 5.75 Å². The molecule has 34 heavy (non-hydrogen) atoms. The van der Waals surface area contributed by atoms with E-state index in [4.69, 9.17) is 4.74 Å². The highest BCUT2D eigenvalue weighted by molar-refractivity contribution is 6.01. The number of piperazine rings is 1. The van der Waals surface area contributed by atoms with Gasteiger partial charge in [-0.3, -0.25) is 9.59 Å². The topological polar surface area (TPSA) is 65.1 Å². The number of carbonyl (C=O) groups excluding carboxylic acids is 2. The molecule has 7 heteroatoms. The van der Waals surface area contributed by atoms with E-state index >= 15 is 0 Å². The number of rotatable bonds is 8. The summed E-state index contributed by atoms with van der Waals surface area (Å²) in [7, 11) is 3.41. The second kappa shape index (κ2) is 11.0. The Morgan fingerprint density at radius 1 is 1.03 bits per heavy atom. The zero-order valence-electron chi connectivity index (χ0n) is 20.5. The summed E-state index contributed by atoms with van der Waals surface area (Å²) >= 11 is 0. The summed E-state index contributed by atoms with van der Waals surface area (Å²) in [5.74, 6) is 0.171. The second-order valence-corrected chi connectivity index (χ2v) is 9.12. The van der Waals surface area contributed by atoms with Gasteiger partial charge in [-0.05, 0) is 48.8 Å². The third kappa shape index (κ3) is 5.10. The molecule has 4 rings (SSSR count). The number of hydrogen-bond donors (Lipinski definition) is 1. The number of fused-ring (bicyclic) bond motifs is 1. The molecule has 7 nitrogen and oxygen atoms in total. The van der Waals surface area contributed by atoms with Crippen LogP contribution in [-0.4, -0.2) is 86.5 Å². The molecule has 2 aliphatic heterocycles. The summed E-state index contributed by atoms with van der Waals surface area (Å²) in [6, 6.07) is 14.7. The Kier molecular flexibility index (Phi) is 7.85. The lowest BCUT2D eigenvalue weighted by Gasteiger charge is -2.40. The minimum Gasteiger partial charge on any atom is -0.497 e. The lowest BCUT2D eigenvalue weighted by molar-refractivity contribution is -0.124. The van der Waals surface area contributed by atoms with Gasteiger partial charge in [0.2, 0.25) is 5.91 Å². The van der Waals surface area contributed by atoms with Crippen LogP contribution in [0.3, 0.4) is 0 Å². The second-order valence-electron chi connectivity index (χ2n) is 9.12. The predicted molar refractivity (Wildman–Crippen MR) is 133 cm³/mol. The number of hydrogen-bond acceptors (Lipinski definition) is 5. The Morgan fingerprint density at radius 2 is 1.71 bits per heavy atom. The highest BCUT2D eigenvalue weighted by atomic mass is 16.5. The van der Waals surface area contributed by atoms with Crippen molar-refractivity contribution in [2.75, 3.05) is 60.0 Å². The van der Waals surface area contributed by atoms with E-state index in [-0.39, 0.29) is 17.9 Å². The van der Waals surface area contributed by atoms with Crippen LogP contribution >= 0.6 is 0 Å². The molecule has 2 aromatic carbocycles. The molecular weight excluding hydrogens is 428 g/mol. The van der Waals surface area contributed by atoms with E-state index in [0.717, 1.165) is 62.6 Å². The molecule has 0 bridgehead atoms. The molecule has 1 N–H and O–H groups in total. The van der Waals surface area contributed by atoms with Gasteiger partial charge in [-0.25, -0.2) is 0 Å². The molecule has 1 saturated heterocycles. The van der Waals surface area contributed by atoms with Crippen LogP contribution < -0.4 is 10.1 Å². The zero-order valence-corrected chi connectivity index (χ0v) is 20.5. The SMILES string of the molecule is CCN1CCN(CCCNC(=O)[C@@H]2c3ccccc3C(=O)N(C)[C@@H]2c2ccc(OC)cc2)CC1. The van der Waals surface area contributed by atoms with E-state index < -0.39 is 5.92 Å². The maximum absolute atomic E-state index is 13.6. The summed E-state index contributed by atoms with van der Waals surface area (Å²) in [6.07, 6.45) is 0.911. The maximum Gasteiger partial charge on any atom is 0.254 e. The molecule has 1 fully saturated rings. The van der Waals surface area contributed by atoms with Gasteiger partial charge >= 0.3 is 0 Å². The van der Waals surface area contributed by atoms with Gasteiger partial charge in [-0.15, -0.1) is 0 Å². The van der Waals surface area contributed by atoms with E-state index in [0.29, 0.717) is 12.1 Å². The third-order valence-electron chi connectivity index (χ3n) is 7.18. The Hall–Kier alpha value is -2.90. The fourth-order valence-electron chi connectivity index (χ4n) is 5.13. The Balaban J connectivity index is 1.47. The first-order valence-electron chi connectivity index (χ1n) is 12.3. The monoisotopic (exact) mass is 464 g/mol. The number of benzene rings is 2. The highest BCUT2D eigenvalue weighted by Crippen LogP contribution is 2.42. The minimum absolute atomic E-state index is 0.0385. The largest absolute Gasteiger partial charge is 0.497 e. The smallest absolute Gasteiger partial charge is 0.254 e. The summed E-state index contributed by atoms with van der Waals surface area (Å²) in [6.45, 7) is 9.33. The number of nitrogens with one attached hydrogen (secondary N) is 1. The van der Waals surface area contributed by atoms with Crippen LogP contribution in [-0.2, 0) is 4.79 Å². The van der Waals surface area contributed by atoms with Gasteiger partial charge in [0.15, 0.2) is 0 Å². The van der Waals surface area contributed by atoms with Gasteiger partial charge in [0.05, 0.1) is 19.1 Å². The molecule has 0 saturated carbocycles. The van der Waals surface area contributed by atoms with Crippen molar-refractivity contribution in [2.45, 2.75) is 25.3 Å². The van der Waals surface area contributed by atoms with Gasteiger partial charge in [-0.1, -0.05) is 37.3 Å². The molecular formula is C27H36N4O3. The molecule has 0 radical (unpaired) electrons. The summed E-state index contributed by atoms with van der Waals surface area (Å²) in [5.41, 5.74) is 2.31. The van der Waals surface area contributed by atoms with Crippen molar-refractivity contribution in [3.8, 4) is 5.75 Å². The van der Waals surface area contributed by atoms with Crippen molar-refractivity contribution in [1.82, 2.24) is 20.0 Å². The number of amides is 2. The molecule has 182 valence electrons. The van der Waals surface area contributed by atoms with E-state index in [2.05, 4.69) is 22.0 Å². The molecule has 2 amide bonds. The number of nitrogens with zero attached hydrogens (tertiary/aromatic N) is 3. The number of methoxy groups -OCH3 is 1. The van der Waals surface area contributed by atoms with E-state index in [1.165, 1.54) is 0 Å². The molecule has 2 aromatic rings. The first kappa shape index (κ1) is 24.2. The Morgan fingerprint density at radius 3 is 2.38 bits per heavy atom. The average molecular weight is 465 g/mol. The highest BCUT2D eigenvalue weighted by Gasteiger charge is 2.42. The van der Waals surface area contributed by atoms with Crippen molar-refractivity contribution in [1.29, 1.82) is 0 Å². The minimum atomic E-state index is -0.472. The summed E-state index contributed by atoms with van der Waals surface area (Å²) in [5, 5.41) is 3.17. The fraction of sp³-hybridized carbons (Fsp3) is 0.481. The molecule has 2 aliphatic rings. The quantitative estimate of drug-likeness (QED) is 0.609.